The molecule has 112 heavy (non-hydrogen) atoms. The van der Waals surface area contributed by atoms with E-state index < -0.39 is 0 Å². The molecular weight excluding hydrogens is 1400 g/mol. The molecule has 6 aromatic heterocycles. The number of thiophene rings is 2. The van der Waals surface area contributed by atoms with Gasteiger partial charge in [-0.3, -0.25) is 0 Å². The van der Waals surface area contributed by atoms with Crippen LogP contribution in [0.2, 0.25) is 0 Å². The van der Waals surface area contributed by atoms with E-state index in [4.69, 9.17) is 29.9 Å². The SMILES string of the molecule is c1ccc(-c2nc(-c3ccc4c(ccc5ccccc54)c3)nc(-c3cccc4c3sc3cccc(-c5ccc6c(c5)c5ccccc5n6-c5ccccc5)c34)n2)cc1.c1ccc(-c2nc(-c3ccc4ccccc4c3)nc(-c3cccc4c3sc3ccc(-c5ccc6c(c5)c5ccccc5n6-c5ccccc5)cc34)n2)cc1. The highest BCUT2D eigenvalue weighted by atomic mass is 32.1. The van der Waals surface area contributed by atoms with Crippen LogP contribution in [0.15, 0.2) is 376 Å². The van der Waals surface area contributed by atoms with Gasteiger partial charge in [0.15, 0.2) is 34.9 Å². The third-order valence-electron chi connectivity index (χ3n) is 21.9. The van der Waals surface area contributed by atoms with Crippen LogP contribution in [-0.4, -0.2) is 39.0 Å². The van der Waals surface area contributed by atoms with E-state index in [1.807, 2.05) is 36.4 Å². The van der Waals surface area contributed by atoms with Crippen molar-refractivity contribution in [1.29, 1.82) is 0 Å². The van der Waals surface area contributed by atoms with Gasteiger partial charge in [-0.25, -0.2) is 29.9 Å². The van der Waals surface area contributed by atoms with E-state index in [1.54, 1.807) is 22.7 Å². The molecule has 0 aliphatic rings. The molecule has 8 nitrogen and oxygen atoms in total. The third-order valence-corrected chi connectivity index (χ3v) is 24.3. The van der Waals surface area contributed by atoms with Crippen LogP contribution < -0.4 is 0 Å². The highest BCUT2D eigenvalue weighted by Crippen LogP contribution is 2.47. The van der Waals surface area contributed by atoms with Crippen molar-refractivity contribution in [2.75, 3.05) is 0 Å². The van der Waals surface area contributed by atoms with Crippen LogP contribution in [-0.2, 0) is 0 Å². The quantitative estimate of drug-likeness (QED) is 0.127. The Labute approximate surface area is 651 Å². The van der Waals surface area contributed by atoms with Crippen LogP contribution in [0.25, 0.3) is 218 Å². The zero-order chi connectivity index (χ0) is 73.7. The van der Waals surface area contributed by atoms with Crippen molar-refractivity contribution < 1.29 is 0 Å². The molecule has 6 heterocycles. The molecule has 0 saturated heterocycles. The summed E-state index contributed by atoms with van der Waals surface area (Å²) in [7, 11) is 0. The van der Waals surface area contributed by atoms with Crippen molar-refractivity contribution in [3.8, 4) is 102 Å². The van der Waals surface area contributed by atoms with Gasteiger partial charge < -0.3 is 9.13 Å². The maximum absolute atomic E-state index is 5.24. The zero-order valence-corrected chi connectivity index (χ0v) is 61.8. The third kappa shape index (κ3) is 11.1. The Morgan fingerprint density at radius 2 is 0.580 bits per heavy atom. The number of para-hydroxylation sites is 4. The predicted octanol–water partition coefficient (Wildman–Crippen LogP) is 27.5. The first-order valence-electron chi connectivity index (χ1n) is 37.6. The molecule has 17 aromatic carbocycles. The van der Waals surface area contributed by atoms with Gasteiger partial charge in [0, 0.05) is 107 Å². The van der Waals surface area contributed by atoms with Crippen molar-refractivity contribution in [3.05, 3.63) is 376 Å². The van der Waals surface area contributed by atoms with Gasteiger partial charge >= 0.3 is 0 Å². The number of rotatable bonds is 10. The van der Waals surface area contributed by atoms with Gasteiger partial charge in [0.1, 0.15) is 0 Å². The molecule has 0 atom stereocenters. The molecule has 23 aromatic rings. The smallest absolute Gasteiger partial charge is 0.165 e. The number of hydrogen-bond acceptors (Lipinski definition) is 8. The first-order chi connectivity index (χ1) is 55.5. The maximum atomic E-state index is 5.24. The molecule has 0 bridgehead atoms. The molecule has 0 aliphatic heterocycles. The van der Waals surface area contributed by atoms with Crippen LogP contribution in [0.5, 0.6) is 0 Å². The van der Waals surface area contributed by atoms with Crippen molar-refractivity contribution in [2.45, 2.75) is 0 Å². The summed E-state index contributed by atoms with van der Waals surface area (Å²) in [5, 5.41) is 17.0. The first kappa shape index (κ1) is 64.7. The van der Waals surface area contributed by atoms with Gasteiger partial charge in [-0.2, -0.15) is 0 Å². The fraction of sp³-hybridized carbons (Fsp3) is 0. The number of nitrogens with zero attached hydrogens (tertiary/aromatic N) is 8. The summed E-state index contributed by atoms with van der Waals surface area (Å²) in [5.74, 6) is 3.96. The molecule has 0 radical (unpaired) electrons. The highest BCUT2D eigenvalue weighted by Gasteiger charge is 2.23. The summed E-state index contributed by atoms with van der Waals surface area (Å²) in [5.41, 5.74) is 17.8. The molecular formula is C102H62N8S2. The lowest BCUT2D eigenvalue weighted by molar-refractivity contribution is 1.08. The summed E-state index contributed by atoms with van der Waals surface area (Å²) in [6, 6.07) is 134. The summed E-state index contributed by atoms with van der Waals surface area (Å²) in [4.78, 5) is 30.8. The maximum Gasteiger partial charge on any atom is 0.165 e. The fourth-order valence-corrected chi connectivity index (χ4v) is 19.0. The van der Waals surface area contributed by atoms with E-state index in [0.29, 0.717) is 34.9 Å². The summed E-state index contributed by atoms with van der Waals surface area (Å²) >= 11 is 3.60. The van der Waals surface area contributed by atoms with Gasteiger partial charge in [0.2, 0.25) is 0 Å². The first-order valence-corrected chi connectivity index (χ1v) is 39.3. The average molecular weight is 1460 g/mol. The molecule has 0 fully saturated rings. The van der Waals surface area contributed by atoms with Gasteiger partial charge in [-0.1, -0.05) is 273 Å². The Hall–Kier alpha value is -14.4. The number of hydrogen-bond donors (Lipinski definition) is 0. The second-order valence-corrected chi connectivity index (χ2v) is 30.5. The fourth-order valence-electron chi connectivity index (χ4n) is 16.6. The standard InChI is InChI=1S/C53H32N4S.C49H30N4S/c1-3-14-34(15-4-1)51-54-52(37-27-29-40-35(31-37)26-25-33-13-7-8-18-39(33)40)56-53(55-51)44-22-11-21-43-49-41(20-12-24-48(49)58-50(43)44)36-28-30-47-45(32-36)42-19-9-10-23-46(42)57(47)38-16-5-2-6-17-38;1-3-13-32(14-4-1)47-50-48(36-23-22-31-12-7-8-15-33(31)28-36)52-49(51-47)40-20-11-19-39-42-30-35(25-27-45(42)54-46(39)40)34-24-26-44-41(29-34)38-18-9-10-21-43(38)53(44)37-16-5-2-6-17-37/h1-32H;1-30H. The Morgan fingerprint density at radius 3 is 1.21 bits per heavy atom. The van der Waals surface area contributed by atoms with Crippen LogP contribution in [0.1, 0.15) is 0 Å². The van der Waals surface area contributed by atoms with Crippen LogP contribution in [0.3, 0.4) is 0 Å². The van der Waals surface area contributed by atoms with Gasteiger partial charge in [-0.15, -0.1) is 22.7 Å². The van der Waals surface area contributed by atoms with E-state index >= 15 is 0 Å². The monoisotopic (exact) mass is 1460 g/mol. The van der Waals surface area contributed by atoms with Crippen molar-refractivity contribution in [1.82, 2.24) is 39.0 Å². The van der Waals surface area contributed by atoms with Crippen molar-refractivity contribution in [2.24, 2.45) is 0 Å². The molecule has 10 heteroatoms. The number of benzene rings is 17. The molecule has 0 N–H and O–H groups in total. The molecule has 0 aliphatic carbocycles. The number of fused-ring (bicyclic) bond motifs is 16. The normalized spacial score (nSPS) is 11.8. The van der Waals surface area contributed by atoms with E-state index in [1.165, 1.54) is 123 Å². The summed E-state index contributed by atoms with van der Waals surface area (Å²) in [6.45, 7) is 0. The van der Waals surface area contributed by atoms with Crippen LogP contribution in [0.4, 0.5) is 0 Å². The van der Waals surface area contributed by atoms with E-state index in [2.05, 4.69) is 349 Å². The summed E-state index contributed by atoms with van der Waals surface area (Å²) in [6.07, 6.45) is 0. The molecule has 0 amide bonds. The van der Waals surface area contributed by atoms with E-state index in [9.17, 15) is 0 Å². The minimum atomic E-state index is 0.653. The molecule has 0 unspecified atom stereocenters. The molecule has 23 rings (SSSR count). The van der Waals surface area contributed by atoms with Gasteiger partial charge in [0.25, 0.3) is 0 Å². The lowest BCUT2D eigenvalue weighted by Crippen LogP contribution is -2.00. The van der Waals surface area contributed by atoms with E-state index in [0.717, 1.165) is 60.2 Å². The summed E-state index contributed by atoms with van der Waals surface area (Å²) < 4.78 is 9.52. The number of aromatic nitrogens is 8. The van der Waals surface area contributed by atoms with Crippen LogP contribution >= 0.6 is 22.7 Å². The lowest BCUT2D eigenvalue weighted by Gasteiger charge is -2.11. The zero-order valence-electron chi connectivity index (χ0n) is 60.2. The Morgan fingerprint density at radius 1 is 0.188 bits per heavy atom. The largest absolute Gasteiger partial charge is 0.309 e. The van der Waals surface area contributed by atoms with Crippen molar-refractivity contribution >= 4 is 139 Å². The second kappa shape index (κ2) is 26.8. The van der Waals surface area contributed by atoms with E-state index in [-0.39, 0.29) is 0 Å². The van der Waals surface area contributed by atoms with Gasteiger partial charge in [0.05, 0.1) is 22.1 Å². The lowest BCUT2D eigenvalue weighted by atomic mass is 9.97. The predicted molar refractivity (Wildman–Crippen MR) is 470 cm³/mol. The van der Waals surface area contributed by atoms with Crippen LogP contribution in [0, 0.1) is 0 Å². The average Bonchev–Trinajstić information content (AvgIpc) is 1.58. The molecule has 522 valence electrons. The minimum absolute atomic E-state index is 0.653. The minimum Gasteiger partial charge on any atom is -0.309 e. The van der Waals surface area contributed by atoms with Crippen molar-refractivity contribution in [3.63, 3.8) is 0 Å². The Bertz CT molecular complexity index is 7700. The topological polar surface area (TPSA) is 87.2 Å². The second-order valence-electron chi connectivity index (χ2n) is 28.4. The Balaban J connectivity index is 0.000000138. The molecule has 0 spiro atoms. The highest BCUT2D eigenvalue weighted by molar-refractivity contribution is 7.26. The molecule has 0 saturated carbocycles. The van der Waals surface area contributed by atoms with Gasteiger partial charge in [-0.05, 0) is 158 Å². The Kier molecular flexibility index (Phi) is 15.5.